The number of hydrogen-bond donors (Lipinski definition) is 2. The van der Waals surface area contributed by atoms with Crippen molar-refractivity contribution in [1.29, 1.82) is 0 Å². The summed E-state index contributed by atoms with van der Waals surface area (Å²) in [5.41, 5.74) is -0.328. The van der Waals surface area contributed by atoms with Crippen LogP contribution in [0.15, 0.2) is 66.7 Å². The van der Waals surface area contributed by atoms with E-state index in [0.29, 0.717) is 27.6 Å². The van der Waals surface area contributed by atoms with Crippen LogP contribution in [0.5, 0.6) is 0 Å². The first-order valence-corrected chi connectivity index (χ1v) is 11.5. The normalized spacial score (nSPS) is 14.1. The second kappa shape index (κ2) is 9.21. The first-order valence-electron chi connectivity index (χ1n) is 11.5. The number of alkyl halides is 3. The van der Waals surface area contributed by atoms with Crippen molar-refractivity contribution in [2.45, 2.75) is 50.8 Å². The van der Waals surface area contributed by atoms with E-state index in [1.807, 2.05) is 0 Å². The van der Waals surface area contributed by atoms with Gasteiger partial charge in [-0.1, -0.05) is 50.2 Å². The molecule has 188 valence electrons. The minimum atomic E-state index is -4.92. The number of aromatic amines is 1. The van der Waals surface area contributed by atoms with Gasteiger partial charge in [0.2, 0.25) is 0 Å². The van der Waals surface area contributed by atoms with Gasteiger partial charge in [0.25, 0.3) is 0 Å². The Kier molecular flexibility index (Phi) is 6.56. The maximum atomic E-state index is 14.3. The van der Waals surface area contributed by atoms with Crippen LogP contribution in [0.4, 0.5) is 17.6 Å². The Labute approximate surface area is 206 Å². The molecule has 1 heterocycles. The quantitative estimate of drug-likeness (QED) is 0.208. The number of aromatic nitrogens is 1. The Morgan fingerprint density at radius 1 is 0.972 bits per heavy atom. The van der Waals surface area contributed by atoms with Crippen molar-refractivity contribution in [3.8, 4) is 11.1 Å². The summed E-state index contributed by atoms with van der Waals surface area (Å²) in [6.45, 7) is 4.86. The van der Waals surface area contributed by atoms with Gasteiger partial charge in [-0.3, -0.25) is 4.79 Å². The van der Waals surface area contributed by atoms with Crippen molar-refractivity contribution in [3.63, 3.8) is 0 Å². The van der Waals surface area contributed by atoms with E-state index in [9.17, 15) is 27.5 Å². The van der Waals surface area contributed by atoms with E-state index in [0.717, 1.165) is 17.4 Å². The molecule has 1 unspecified atom stereocenters. The smallest absolute Gasteiger partial charge is 0.380 e. The number of benzene rings is 3. The van der Waals surface area contributed by atoms with Crippen LogP contribution in [-0.2, 0) is 11.8 Å². The monoisotopic (exact) mass is 497 g/mol. The molecule has 0 spiro atoms. The van der Waals surface area contributed by atoms with Crippen LogP contribution in [0.2, 0.25) is 0 Å². The summed E-state index contributed by atoms with van der Waals surface area (Å²) in [5.74, 6) is -0.540. The lowest BCUT2D eigenvalue weighted by Crippen LogP contribution is -2.51. The molecule has 0 saturated carbocycles. The highest BCUT2D eigenvalue weighted by Gasteiger charge is 2.56. The van der Waals surface area contributed by atoms with Crippen LogP contribution >= 0.6 is 0 Å². The second-order valence-corrected chi connectivity index (χ2v) is 10.0. The molecule has 1 atom stereocenters. The van der Waals surface area contributed by atoms with Crippen LogP contribution in [-0.4, -0.2) is 28.2 Å². The summed E-state index contributed by atoms with van der Waals surface area (Å²) >= 11 is 0. The number of carbonyl (C=O) groups is 1. The first kappa shape index (κ1) is 25.6. The summed E-state index contributed by atoms with van der Waals surface area (Å²) in [5, 5.41) is 11.7. The summed E-state index contributed by atoms with van der Waals surface area (Å²) in [6.07, 6.45) is -5.51. The lowest BCUT2D eigenvalue weighted by atomic mass is 9.72. The zero-order valence-corrected chi connectivity index (χ0v) is 20.2. The van der Waals surface area contributed by atoms with Crippen molar-refractivity contribution in [3.05, 3.63) is 94.9 Å². The van der Waals surface area contributed by atoms with Gasteiger partial charge in [0.05, 0.1) is 0 Å². The molecule has 3 aromatic carbocycles. The third-order valence-corrected chi connectivity index (χ3v) is 6.75. The molecule has 0 fully saturated rings. The fourth-order valence-corrected chi connectivity index (χ4v) is 5.05. The van der Waals surface area contributed by atoms with Crippen LogP contribution in [0.25, 0.3) is 22.0 Å². The van der Waals surface area contributed by atoms with E-state index in [4.69, 9.17) is 0 Å². The maximum absolute atomic E-state index is 14.3. The van der Waals surface area contributed by atoms with Crippen LogP contribution < -0.4 is 0 Å². The summed E-state index contributed by atoms with van der Waals surface area (Å²) in [4.78, 5) is 14.4. The van der Waals surface area contributed by atoms with E-state index >= 15 is 0 Å². The number of H-pyrrole nitrogens is 1. The maximum Gasteiger partial charge on any atom is 0.417 e. The lowest BCUT2D eigenvalue weighted by molar-refractivity contribution is -0.266. The van der Waals surface area contributed by atoms with E-state index in [1.165, 1.54) is 18.2 Å². The molecule has 3 nitrogen and oxygen atoms in total. The molecule has 0 aliphatic heterocycles. The first-order chi connectivity index (χ1) is 16.8. The van der Waals surface area contributed by atoms with Gasteiger partial charge in [0, 0.05) is 28.6 Å². The molecule has 0 aliphatic carbocycles. The number of aldehydes is 1. The Balaban J connectivity index is 1.69. The predicted octanol–water partition coefficient (Wildman–Crippen LogP) is 7.30. The number of rotatable bonds is 7. The van der Waals surface area contributed by atoms with Gasteiger partial charge >= 0.3 is 6.18 Å². The SMILES string of the molecule is Cc1ccc(F)cc1C(C)(C)CC(O)(Cc1cc2cc(-c3ccccc3C=O)ccc2[nH]1)C(F)(F)F. The van der Waals surface area contributed by atoms with Crippen LogP contribution in [0.3, 0.4) is 0 Å². The fraction of sp³-hybridized carbons (Fsp3) is 0.276. The molecule has 0 aliphatic rings. The molecule has 2 N–H and O–H groups in total. The number of nitrogens with one attached hydrogen (secondary N) is 1. The molecule has 0 saturated heterocycles. The largest absolute Gasteiger partial charge is 0.417 e. The van der Waals surface area contributed by atoms with Crippen molar-refractivity contribution in [1.82, 2.24) is 4.98 Å². The molecule has 36 heavy (non-hydrogen) atoms. The average molecular weight is 498 g/mol. The van der Waals surface area contributed by atoms with Gasteiger partial charge in [-0.15, -0.1) is 0 Å². The van der Waals surface area contributed by atoms with E-state index < -0.39 is 35.9 Å². The second-order valence-electron chi connectivity index (χ2n) is 10.0. The third-order valence-electron chi connectivity index (χ3n) is 6.75. The topological polar surface area (TPSA) is 53.1 Å². The number of carbonyl (C=O) groups excluding carboxylic acids is 1. The molecule has 4 rings (SSSR count). The van der Waals surface area contributed by atoms with Gasteiger partial charge in [-0.2, -0.15) is 13.2 Å². The summed E-state index contributed by atoms with van der Waals surface area (Å²) in [6, 6.07) is 18.0. The molecule has 1 aromatic heterocycles. The predicted molar refractivity (Wildman–Crippen MR) is 133 cm³/mol. The van der Waals surface area contributed by atoms with Crippen LogP contribution in [0, 0.1) is 12.7 Å². The summed E-state index contributed by atoms with van der Waals surface area (Å²) < 4.78 is 56.7. The molecular weight excluding hydrogens is 470 g/mol. The molecule has 0 amide bonds. The highest BCUT2D eigenvalue weighted by molar-refractivity contribution is 5.91. The number of halogens is 4. The average Bonchev–Trinajstić information content (AvgIpc) is 3.20. The zero-order valence-electron chi connectivity index (χ0n) is 20.2. The van der Waals surface area contributed by atoms with Crippen molar-refractivity contribution < 1.29 is 27.5 Å². The van der Waals surface area contributed by atoms with Crippen molar-refractivity contribution in [2.24, 2.45) is 0 Å². The van der Waals surface area contributed by atoms with E-state index in [-0.39, 0.29) is 5.69 Å². The molecular formula is C29H27F4NO2. The number of hydrogen-bond acceptors (Lipinski definition) is 2. The Morgan fingerprint density at radius 3 is 2.39 bits per heavy atom. The highest BCUT2D eigenvalue weighted by atomic mass is 19.4. The number of fused-ring (bicyclic) bond motifs is 1. The van der Waals surface area contributed by atoms with Crippen LogP contribution in [0.1, 0.15) is 47.4 Å². The van der Waals surface area contributed by atoms with E-state index in [1.54, 1.807) is 69.3 Å². The van der Waals surface area contributed by atoms with Gasteiger partial charge in [-0.05, 0) is 71.3 Å². The Hall–Kier alpha value is -3.45. The minimum Gasteiger partial charge on any atom is -0.380 e. The molecule has 0 bridgehead atoms. The van der Waals surface area contributed by atoms with E-state index in [2.05, 4.69) is 4.98 Å². The zero-order chi connectivity index (χ0) is 26.3. The van der Waals surface area contributed by atoms with Crippen molar-refractivity contribution in [2.75, 3.05) is 0 Å². The summed E-state index contributed by atoms with van der Waals surface area (Å²) in [7, 11) is 0. The van der Waals surface area contributed by atoms with Crippen molar-refractivity contribution >= 4 is 17.2 Å². The number of aliphatic hydroxyl groups is 1. The third kappa shape index (κ3) is 4.93. The van der Waals surface area contributed by atoms with Gasteiger partial charge in [-0.25, -0.2) is 4.39 Å². The molecule has 0 radical (unpaired) electrons. The molecule has 4 aromatic rings. The van der Waals surface area contributed by atoms with Gasteiger partial charge in [0.1, 0.15) is 5.82 Å². The Bertz CT molecular complexity index is 1420. The standard InChI is InChI=1S/C29H27F4NO2/c1-18-8-10-22(30)14-25(18)27(2,3)17-28(36,29(31,32)33)15-23-13-21-12-19(9-11-26(21)34-23)24-7-5-4-6-20(24)16-35/h4-14,16,34,36H,15,17H2,1-3H3. The molecule has 7 heteroatoms. The van der Waals surface area contributed by atoms with Gasteiger partial charge < -0.3 is 10.1 Å². The Morgan fingerprint density at radius 2 is 1.69 bits per heavy atom. The van der Waals surface area contributed by atoms with Gasteiger partial charge in [0.15, 0.2) is 11.9 Å². The highest BCUT2D eigenvalue weighted by Crippen LogP contribution is 2.44. The minimum absolute atomic E-state index is 0.220. The fourth-order valence-electron chi connectivity index (χ4n) is 5.05. The lowest BCUT2D eigenvalue weighted by Gasteiger charge is -2.38. The number of aryl methyl sites for hydroxylation is 1.